The molecule has 2 heterocycles. The average Bonchev–Trinajstić information content (AvgIpc) is 3.23. The Labute approximate surface area is 165 Å². The second-order valence-electron chi connectivity index (χ2n) is 7.23. The SMILES string of the molecule is CCCOc1ccc(CNC(=O)NC(C)c2nc(C3CCCCC3)no2)cn1. The van der Waals surface area contributed by atoms with E-state index in [1.165, 1.54) is 19.3 Å². The standard InChI is InChI=1S/C20H29N5O3/c1-3-11-27-17-10-9-15(12-21-17)13-22-20(26)23-14(2)19-24-18(25-28-19)16-7-5-4-6-8-16/h9-10,12,14,16H,3-8,11,13H2,1-2H3,(H2,22,23,26). The zero-order valence-corrected chi connectivity index (χ0v) is 16.6. The molecule has 0 spiro atoms. The van der Waals surface area contributed by atoms with Gasteiger partial charge in [0.2, 0.25) is 11.8 Å². The van der Waals surface area contributed by atoms with Gasteiger partial charge in [-0.1, -0.05) is 37.4 Å². The third-order valence-electron chi connectivity index (χ3n) is 4.85. The Bertz CT molecular complexity index is 741. The van der Waals surface area contributed by atoms with E-state index in [1.807, 2.05) is 19.9 Å². The van der Waals surface area contributed by atoms with E-state index >= 15 is 0 Å². The molecule has 0 aromatic carbocycles. The van der Waals surface area contributed by atoms with Crippen molar-refractivity contribution in [3.05, 3.63) is 35.6 Å². The van der Waals surface area contributed by atoms with Crippen LogP contribution >= 0.6 is 0 Å². The van der Waals surface area contributed by atoms with Crippen LogP contribution < -0.4 is 15.4 Å². The van der Waals surface area contributed by atoms with E-state index in [9.17, 15) is 4.79 Å². The Hall–Kier alpha value is -2.64. The molecule has 152 valence electrons. The fraction of sp³-hybridized carbons (Fsp3) is 0.600. The fourth-order valence-corrected chi connectivity index (χ4v) is 3.25. The number of pyridine rings is 1. The van der Waals surface area contributed by atoms with Crippen LogP contribution in [-0.4, -0.2) is 27.8 Å². The summed E-state index contributed by atoms with van der Waals surface area (Å²) >= 11 is 0. The zero-order chi connectivity index (χ0) is 19.8. The largest absolute Gasteiger partial charge is 0.478 e. The van der Waals surface area contributed by atoms with Gasteiger partial charge >= 0.3 is 6.03 Å². The third kappa shape index (κ3) is 5.68. The lowest BCUT2D eigenvalue weighted by atomic mass is 9.89. The van der Waals surface area contributed by atoms with Crippen LogP contribution in [0.2, 0.25) is 0 Å². The molecule has 0 saturated heterocycles. The van der Waals surface area contributed by atoms with E-state index in [0.717, 1.165) is 30.7 Å². The van der Waals surface area contributed by atoms with E-state index in [1.54, 1.807) is 12.3 Å². The number of aromatic nitrogens is 3. The first kappa shape index (κ1) is 20.1. The Morgan fingerprint density at radius 2 is 2.14 bits per heavy atom. The van der Waals surface area contributed by atoms with Gasteiger partial charge in [0.15, 0.2) is 5.82 Å². The Morgan fingerprint density at radius 3 is 2.86 bits per heavy atom. The number of hydrogen-bond donors (Lipinski definition) is 2. The van der Waals surface area contributed by atoms with Crippen molar-refractivity contribution in [3.63, 3.8) is 0 Å². The molecule has 28 heavy (non-hydrogen) atoms. The van der Waals surface area contributed by atoms with Gasteiger partial charge in [0.1, 0.15) is 6.04 Å². The summed E-state index contributed by atoms with van der Waals surface area (Å²) in [5.41, 5.74) is 0.893. The number of nitrogens with zero attached hydrogens (tertiary/aromatic N) is 3. The molecule has 0 bridgehead atoms. The van der Waals surface area contributed by atoms with Crippen molar-refractivity contribution in [2.75, 3.05) is 6.61 Å². The molecule has 2 aromatic rings. The molecule has 8 nitrogen and oxygen atoms in total. The van der Waals surface area contributed by atoms with Crippen LogP contribution in [-0.2, 0) is 6.54 Å². The maximum absolute atomic E-state index is 12.2. The first-order chi connectivity index (χ1) is 13.7. The van der Waals surface area contributed by atoms with Crippen LogP contribution in [0.3, 0.4) is 0 Å². The predicted molar refractivity (Wildman–Crippen MR) is 104 cm³/mol. The van der Waals surface area contributed by atoms with Gasteiger partial charge < -0.3 is 19.9 Å². The number of carbonyl (C=O) groups is 1. The highest BCUT2D eigenvalue weighted by atomic mass is 16.5. The second-order valence-corrected chi connectivity index (χ2v) is 7.23. The minimum Gasteiger partial charge on any atom is -0.478 e. The van der Waals surface area contributed by atoms with Gasteiger partial charge in [-0.2, -0.15) is 4.98 Å². The van der Waals surface area contributed by atoms with E-state index in [-0.39, 0.29) is 12.1 Å². The Balaban J connectivity index is 1.44. The minimum absolute atomic E-state index is 0.295. The van der Waals surface area contributed by atoms with E-state index in [2.05, 4.69) is 25.8 Å². The van der Waals surface area contributed by atoms with Crippen molar-refractivity contribution >= 4 is 6.03 Å². The molecule has 1 unspecified atom stereocenters. The summed E-state index contributed by atoms with van der Waals surface area (Å²) in [7, 11) is 0. The van der Waals surface area contributed by atoms with E-state index in [0.29, 0.717) is 30.8 Å². The lowest BCUT2D eigenvalue weighted by molar-refractivity contribution is 0.233. The highest BCUT2D eigenvalue weighted by Crippen LogP contribution is 2.31. The molecule has 1 atom stereocenters. The highest BCUT2D eigenvalue weighted by molar-refractivity contribution is 5.74. The summed E-state index contributed by atoms with van der Waals surface area (Å²) in [6.07, 6.45) is 8.56. The molecular weight excluding hydrogens is 358 g/mol. The molecule has 8 heteroatoms. The Morgan fingerprint density at radius 1 is 1.32 bits per heavy atom. The maximum Gasteiger partial charge on any atom is 0.315 e. The molecule has 2 amide bonds. The summed E-state index contributed by atoms with van der Waals surface area (Å²) in [5.74, 6) is 2.17. The third-order valence-corrected chi connectivity index (χ3v) is 4.85. The van der Waals surface area contributed by atoms with Crippen LogP contribution in [0.25, 0.3) is 0 Å². The molecule has 2 N–H and O–H groups in total. The smallest absolute Gasteiger partial charge is 0.315 e. The van der Waals surface area contributed by atoms with Crippen molar-refractivity contribution in [1.82, 2.24) is 25.8 Å². The van der Waals surface area contributed by atoms with Gasteiger partial charge in [-0.15, -0.1) is 0 Å². The summed E-state index contributed by atoms with van der Waals surface area (Å²) in [6, 6.07) is 3.04. The topological polar surface area (TPSA) is 102 Å². The zero-order valence-electron chi connectivity index (χ0n) is 16.6. The normalized spacial score (nSPS) is 15.8. The maximum atomic E-state index is 12.2. The van der Waals surface area contributed by atoms with Gasteiger partial charge in [-0.3, -0.25) is 0 Å². The number of ether oxygens (including phenoxy) is 1. The second kappa shape index (κ2) is 10.1. The van der Waals surface area contributed by atoms with Crippen molar-refractivity contribution in [1.29, 1.82) is 0 Å². The average molecular weight is 387 g/mol. The summed E-state index contributed by atoms with van der Waals surface area (Å²) < 4.78 is 10.8. The molecule has 0 aliphatic heterocycles. The van der Waals surface area contributed by atoms with E-state index in [4.69, 9.17) is 9.26 Å². The van der Waals surface area contributed by atoms with Gasteiger partial charge in [-0.05, 0) is 31.7 Å². The van der Waals surface area contributed by atoms with Gasteiger partial charge in [0.05, 0.1) is 6.61 Å². The lowest BCUT2D eigenvalue weighted by Gasteiger charge is -2.17. The summed E-state index contributed by atoms with van der Waals surface area (Å²) in [6.45, 7) is 4.89. The van der Waals surface area contributed by atoms with Crippen molar-refractivity contribution in [3.8, 4) is 5.88 Å². The number of carbonyl (C=O) groups excluding carboxylic acids is 1. The molecule has 1 aliphatic carbocycles. The number of amides is 2. The van der Waals surface area contributed by atoms with Crippen LogP contribution in [0.4, 0.5) is 4.79 Å². The van der Waals surface area contributed by atoms with Crippen molar-refractivity contribution in [2.24, 2.45) is 0 Å². The molecular formula is C20H29N5O3. The van der Waals surface area contributed by atoms with Gasteiger partial charge in [0, 0.05) is 24.7 Å². The number of hydrogen-bond acceptors (Lipinski definition) is 6. The molecule has 1 aliphatic rings. The fourth-order valence-electron chi connectivity index (χ4n) is 3.25. The number of rotatable bonds is 8. The van der Waals surface area contributed by atoms with E-state index < -0.39 is 0 Å². The van der Waals surface area contributed by atoms with Crippen molar-refractivity contribution < 1.29 is 14.1 Å². The highest BCUT2D eigenvalue weighted by Gasteiger charge is 2.23. The summed E-state index contributed by atoms with van der Waals surface area (Å²) in [4.78, 5) is 20.9. The van der Waals surface area contributed by atoms with Crippen LogP contribution in [0, 0.1) is 0 Å². The lowest BCUT2D eigenvalue weighted by Crippen LogP contribution is -2.36. The number of urea groups is 1. The number of nitrogens with one attached hydrogen (secondary N) is 2. The molecule has 2 aromatic heterocycles. The summed E-state index contributed by atoms with van der Waals surface area (Å²) in [5, 5.41) is 9.76. The molecule has 1 saturated carbocycles. The Kier molecular flexibility index (Phi) is 7.22. The van der Waals surface area contributed by atoms with Crippen LogP contribution in [0.1, 0.15) is 81.6 Å². The predicted octanol–water partition coefficient (Wildman–Crippen LogP) is 3.86. The van der Waals surface area contributed by atoms with Gasteiger partial charge in [-0.25, -0.2) is 9.78 Å². The minimum atomic E-state index is -0.354. The first-order valence-corrected chi connectivity index (χ1v) is 10.1. The van der Waals surface area contributed by atoms with Crippen molar-refractivity contribution in [2.45, 2.75) is 70.9 Å². The quantitative estimate of drug-likeness (QED) is 0.713. The van der Waals surface area contributed by atoms with Crippen LogP contribution in [0.15, 0.2) is 22.9 Å². The molecule has 0 radical (unpaired) electrons. The first-order valence-electron chi connectivity index (χ1n) is 10.1. The molecule has 3 rings (SSSR count). The molecule has 1 fully saturated rings. The van der Waals surface area contributed by atoms with Crippen LogP contribution in [0.5, 0.6) is 5.88 Å². The van der Waals surface area contributed by atoms with Gasteiger partial charge in [0.25, 0.3) is 0 Å². The monoisotopic (exact) mass is 387 g/mol.